The zero-order valence-corrected chi connectivity index (χ0v) is 15.1. The SMILES string of the molecule is O=C(CCCn1c(=O)oc2ccccc21)Oc1ccc(Cl)c2ccccc12. The van der Waals surface area contributed by atoms with Crippen LogP contribution in [0, 0.1) is 0 Å². The van der Waals surface area contributed by atoms with Gasteiger partial charge in [-0.15, -0.1) is 0 Å². The molecule has 0 amide bonds. The van der Waals surface area contributed by atoms with Gasteiger partial charge in [-0.05, 0) is 30.7 Å². The zero-order chi connectivity index (χ0) is 18.8. The maximum Gasteiger partial charge on any atom is 0.419 e. The van der Waals surface area contributed by atoms with Crippen molar-refractivity contribution in [3.05, 3.63) is 76.2 Å². The normalized spacial score (nSPS) is 11.1. The van der Waals surface area contributed by atoms with Gasteiger partial charge in [0.1, 0.15) is 5.75 Å². The summed E-state index contributed by atoms with van der Waals surface area (Å²) in [5.74, 6) is -0.303. The van der Waals surface area contributed by atoms with Crippen LogP contribution in [0.1, 0.15) is 12.8 Å². The van der Waals surface area contributed by atoms with E-state index in [0.29, 0.717) is 29.3 Å². The maximum atomic E-state index is 12.3. The number of benzene rings is 3. The molecule has 0 saturated heterocycles. The van der Waals surface area contributed by atoms with Crippen LogP contribution in [0.15, 0.2) is 69.9 Å². The number of fused-ring (bicyclic) bond motifs is 2. The van der Waals surface area contributed by atoms with Crippen molar-refractivity contribution in [1.82, 2.24) is 4.57 Å². The molecule has 0 N–H and O–H groups in total. The highest BCUT2D eigenvalue weighted by atomic mass is 35.5. The minimum absolute atomic E-state index is 0.183. The molecular formula is C21H16ClNO4. The lowest BCUT2D eigenvalue weighted by Gasteiger charge is -2.09. The molecule has 3 aromatic carbocycles. The second kappa shape index (κ2) is 7.29. The molecule has 0 fully saturated rings. The van der Waals surface area contributed by atoms with E-state index in [0.717, 1.165) is 16.3 Å². The maximum absolute atomic E-state index is 12.3. The van der Waals surface area contributed by atoms with Crippen molar-refractivity contribution in [2.24, 2.45) is 0 Å². The molecule has 0 atom stereocenters. The number of oxazole rings is 1. The van der Waals surface area contributed by atoms with Gasteiger partial charge >= 0.3 is 11.7 Å². The number of halogens is 1. The average Bonchev–Trinajstić information content (AvgIpc) is 3.00. The van der Waals surface area contributed by atoms with Gasteiger partial charge in [0.25, 0.3) is 0 Å². The van der Waals surface area contributed by atoms with Crippen molar-refractivity contribution in [1.29, 1.82) is 0 Å². The fourth-order valence-electron chi connectivity index (χ4n) is 3.10. The molecule has 0 aliphatic heterocycles. The number of esters is 1. The summed E-state index contributed by atoms with van der Waals surface area (Å²) in [5.41, 5.74) is 1.26. The van der Waals surface area contributed by atoms with Crippen LogP contribution < -0.4 is 10.5 Å². The number of para-hydroxylation sites is 2. The van der Waals surface area contributed by atoms with Crippen LogP contribution in [0.3, 0.4) is 0 Å². The molecule has 0 unspecified atom stereocenters. The molecule has 6 heteroatoms. The number of aryl methyl sites for hydroxylation is 1. The molecule has 4 aromatic rings. The van der Waals surface area contributed by atoms with Gasteiger partial charge in [0.2, 0.25) is 0 Å². The van der Waals surface area contributed by atoms with Crippen LogP contribution in [0.5, 0.6) is 5.75 Å². The Balaban J connectivity index is 1.44. The quantitative estimate of drug-likeness (QED) is 0.368. The van der Waals surface area contributed by atoms with Gasteiger partial charge in [0.15, 0.2) is 5.58 Å². The number of carbonyl (C=O) groups excluding carboxylic acids is 1. The zero-order valence-electron chi connectivity index (χ0n) is 14.4. The standard InChI is InChI=1S/C21H16ClNO4/c22-16-11-12-18(15-7-2-1-6-14(15)16)26-20(24)10-5-13-23-17-8-3-4-9-19(17)27-21(23)25/h1-4,6-9,11-12H,5,10,13H2. The Morgan fingerprint density at radius 3 is 2.59 bits per heavy atom. The van der Waals surface area contributed by atoms with Crippen molar-refractivity contribution in [2.75, 3.05) is 0 Å². The first-order valence-corrected chi connectivity index (χ1v) is 8.97. The fraction of sp³-hybridized carbons (Fsp3) is 0.143. The number of hydrogen-bond donors (Lipinski definition) is 0. The van der Waals surface area contributed by atoms with Crippen molar-refractivity contribution >= 4 is 39.4 Å². The molecule has 0 aliphatic carbocycles. The van der Waals surface area contributed by atoms with Gasteiger partial charge < -0.3 is 9.15 Å². The Morgan fingerprint density at radius 1 is 1.00 bits per heavy atom. The minimum atomic E-state index is -0.423. The molecule has 1 heterocycles. The number of nitrogens with zero attached hydrogens (tertiary/aromatic N) is 1. The first-order chi connectivity index (χ1) is 13.1. The summed E-state index contributed by atoms with van der Waals surface area (Å²) in [5, 5.41) is 2.23. The molecule has 4 rings (SSSR count). The van der Waals surface area contributed by atoms with Gasteiger partial charge in [-0.1, -0.05) is 48.0 Å². The Morgan fingerprint density at radius 2 is 1.74 bits per heavy atom. The highest BCUT2D eigenvalue weighted by Gasteiger charge is 2.12. The Kier molecular flexibility index (Phi) is 4.69. The number of hydrogen-bond acceptors (Lipinski definition) is 4. The smallest absolute Gasteiger partial charge is 0.419 e. The minimum Gasteiger partial charge on any atom is -0.426 e. The number of carbonyl (C=O) groups is 1. The Labute approximate surface area is 159 Å². The van der Waals surface area contributed by atoms with Crippen molar-refractivity contribution in [2.45, 2.75) is 19.4 Å². The monoisotopic (exact) mass is 381 g/mol. The van der Waals surface area contributed by atoms with E-state index in [1.165, 1.54) is 4.57 Å². The summed E-state index contributed by atoms with van der Waals surface area (Å²) < 4.78 is 12.2. The molecule has 0 aliphatic rings. The Bertz CT molecular complexity index is 1190. The highest BCUT2D eigenvalue weighted by molar-refractivity contribution is 6.35. The predicted molar refractivity (Wildman–Crippen MR) is 104 cm³/mol. The molecule has 5 nitrogen and oxygen atoms in total. The second-order valence-corrected chi connectivity index (χ2v) is 6.56. The van der Waals surface area contributed by atoms with Crippen molar-refractivity contribution in [3.63, 3.8) is 0 Å². The van der Waals surface area contributed by atoms with E-state index in [4.69, 9.17) is 20.8 Å². The third-order valence-corrected chi connectivity index (χ3v) is 4.72. The van der Waals surface area contributed by atoms with Crippen molar-refractivity contribution in [3.8, 4) is 5.75 Å². The number of ether oxygens (including phenoxy) is 1. The van der Waals surface area contributed by atoms with Crippen LogP contribution in [-0.4, -0.2) is 10.5 Å². The van der Waals surface area contributed by atoms with Gasteiger partial charge in [-0.25, -0.2) is 4.79 Å². The van der Waals surface area contributed by atoms with E-state index in [2.05, 4.69) is 0 Å². The summed E-state index contributed by atoms with van der Waals surface area (Å²) >= 11 is 6.19. The van der Waals surface area contributed by atoms with Crippen LogP contribution in [0.4, 0.5) is 0 Å². The third kappa shape index (κ3) is 3.46. The van der Waals surface area contributed by atoms with Crippen LogP contribution in [0.2, 0.25) is 5.02 Å². The summed E-state index contributed by atoms with van der Waals surface area (Å²) in [6.07, 6.45) is 0.649. The molecule has 0 saturated carbocycles. The lowest BCUT2D eigenvalue weighted by molar-refractivity contribution is -0.134. The summed E-state index contributed by atoms with van der Waals surface area (Å²) in [4.78, 5) is 24.2. The van der Waals surface area contributed by atoms with Gasteiger partial charge in [-0.2, -0.15) is 0 Å². The van der Waals surface area contributed by atoms with Crippen LogP contribution in [-0.2, 0) is 11.3 Å². The number of aromatic nitrogens is 1. The molecule has 1 aromatic heterocycles. The highest BCUT2D eigenvalue weighted by Crippen LogP contribution is 2.31. The molecule has 0 bridgehead atoms. The van der Waals surface area contributed by atoms with E-state index in [9.17, 15) is 9.59 Å². The van der Waals surface area contributed by atoms with E-state index >= 15 is 0 Å². The third-order valence-electron chi connectivity index (χ3n) is 4.39. The predicted octanol–water partition coefficient (Wildman–Crippen LogP) is 4.79. The van der Waals surface area contributed by atoms with Crippen molar-refractivity contribution < 1.29 is 13.9 Å². The molecule has 0 radical (unpaired) electrons. The first-order valence-electron chi connectivity index (χ1n) is 8.60. The molecule has 136 valence electrons. The largest absolute Gasteiger partial charge is 0.426 e. The lowest BCUT2D eigenvalue weighted by Crippen LogP contribution is -2.16. The second-order valence-electron chi connectivity index (χ2n) is 6.16. The Hall–Kier alpha value is -3.05. The van der Waals surface area contributed by atoms with Gasteiger partial charge in [-0.3, -0.25) is 9.36 Å². The summed E-state index contributed by atoms with van der Waals surface area (Å²) in [6.45, 7) is 0.381. The first kappa shape index (κ1) is 17.4. The van der Waals surface area contributed by atoms with E-state index in [1.54, 1.807) is 18.2 Å². The summed E-state index contributed by atoms with van der Waals surface area (Å²) in [6, 6.07) is 18.1. The van der Waals surface area contributed by atoms with Crippen LogP contribution in [0.25, 0.3) is 21.9 Å². The topological polar surface area (TPSA) is 61.4 Å². The van der Waals surface area contributed by atoms with Crippen LogP contribution >= 0.6 is 11.6 Å². The van der Waals surface area contributed by atoms with Gasteiger partial charge in [0.05, 0.1) is 5.52 Å². The van der Waals surface area contributed by atoms with Gasteiger partial charge in [0, 0.05) is 28.8 Å². The lowest BCUT2D eigenvalue weighted by atomic mass is 10.1. The molecule has 0 spiro atoms. The van der Waals surface area contributed by atoms with E-state index < -0.39 is 5.76 Å². The van der Waals surface area contributed by atoms with E-state index in [-0.39, 0.29) is 12.4 Å². The van der Waals surface area contributed by atoms with E-state index in [1.807, 2.05) is 42.5 Å². The summed E-state index contributed by atoms with van der Waals surface area (Å²) in [7, 11) is 0. The fourth-order valence-corrected chi connectivity index (χ4v) is 3.33. The molecular weight excluding hydrogens is 366 g/mol. The number of rotatable bonds is 5. The average molecular weight is 382 g/mol. The molecule has 27 heavy (non-hydrogen) atoms.